The topological polar surface area (TPSA) is 75.6 Å². The van der Waals surface area contributed by atoms with Crippen molar-refractivity contribution in [2.75, 3.05) is 12.4 Å². The van der Waals surface area contributed by atoms with Crippen LogP contribution >= 0.6 is 0 Å². The molecule has 5 nitrogen and oxygen atoms in total. The Bertz CT molecular complexity index is 730. The molecule has 0 radical (unpaired) electrons. The molecule has 0 spiro atoms. The van der Waals surface area contributed by atoms with E-state index in [1.807, 2.05) is 18.2 Å². The first-order chi connectivity index (χ1) is 11.0. The van der Waals surface area contributed by atoms with E-state index in [0.29, 0.717) is 12.2 Å². The van der Waals surface area contributed by atoms with Gasteiger partial charge in [-0.2, -0.15) is 0 Å². The van der Waals surface area contributed by atoms with Crippen LogP contribution in [0, 0.1) is 5.82 Å². The quantitative estimate of drug-likeness (QED) is 0.858. The number of benzene rings is 2. The molecule has 2 aromatic rings. The Balaban J connectivity index is 2.04. The molecule has 120 valence electrons. The number of ether oxygens (including phenoxy) is 1. The van der Waals surface area contributed by atoms with Crippen LogP contribution in [0.3, 0.4) is 0 Å². The van der Waals surface area contributed by atoms with Crippen LogP contribution in [-0.4, -0.2) is 24.1 Å². The predicted molar refractivity (Wildman–Crippen MR) is 83.3 cm³/mol. The summed E-state index contributed by atoms with van der Waals surface area (Å²) < 4.78 is 18.3. The summed E-state index contributed by atoms with van der Waals surface area (Å²) >= 11 is 0. The molecule has 2 aromatic carbocycles. The molecule has 0 fully saturated rings. The molecule has 1 amide bonds. The highest BCUT2D eigenvalue weighted by atomic mass is 19.1. The average Bonchev–Trinajstić information content (AvgIpc) is 2.54. The van der Waals surface area contributed by atoms with E-state index >= 15 is 0 Å². The summed E-state index contributed by atoms with van der Waals surface area (Å²) in [6.45, 7) is 0. The lowest BCUT2D eigenvalue weighted by Gasteiger charge is -2.10. The van der Waals surface area contributed by atoms with Gasteiger partial charge >= 0.3 is 5.97 Å². The lowest BCUT2D eigenvalue weighted by atomic mass is 10.1. The molecule has 2 rings (SSSR count). The molecule has 0 aliphatic rings. The molecule has 0 unspecified atom stereocenters. The number of hydrogen-bond donors (Lipinski definition) is 2. The zero-order valence-electron chi connectivity index (χ0n) is 12.5. The van der Waals surface area contributed by atoms with Crippen LogP contribution in [0.5, 0.6) is 5.75 Å². The fourth-order valence-electron chi connectivity index (χ4n) is 2.17. The molecule has 0 aromatic heterocycles. The van der Waals surface area contributed by atoms with Gasteiger partial charge in [-0.05, 0) is 36.2 Å². The van der Waals surface area contributed by atoms with E-state index < -0.39 is 11.8 Å². The highest BCUT2D eigenvalue weighted by Crippen LogP contribution is 2.20. The van der Waals surface area contributed by atoms with Crippen molar-refractivity contribution < 1.29 is 23.8 Å². The van der Waals surface area contributed by atoms with E-state index in [0.717, 1.165) is 17.7 Å². The number of amides is 1. The molecule has 6 heteroatoms. The number of nitrogens with one attached hydrogen (secondary N) is 1. The summed E-state index contributed by atoms with van der Waals surface area (Å²) in [7, 11) is 1.55. The normalized spacial score (nSPS) is 10.2. The molecule has 0 aliphatic carbocycles. The number of aromatic carboxylic acids is 1. The molecule has 0 heterocycles. The third-order valence-electron chi connectivity index (χ3n) is 3.30. The van der Waals surface area contributed by atoms with Gasteiger partial charge in [0.2, 0.25) is 5.91 Å². The molecular weight excluding hydrogens is 301 g/mol. The number of carbonyl (C=O) groups is 2. The Morgan fingerprint density at radius 2 is 1.96 bits per heavy atom. The van der Waals surface area contributed by atoms with E-state index in [4.69, 9.17) is 9.84 Å². The smallest absolute Gasteiger partial charge is 0.337 e. The monoisotopic (exact) mass is 317 g/mol. The van der Waals surface area contributed by atoms with E-state index in [1.54, 1.807) is 13.2 Å². The number of anilines is 1. The molecule has 0 saturated carbocycles. The van der Waals surface area contributed by atoms with Gasteiger partial charge in [-0.3, -0.25) is 4.79 Å². The second kappa shape index (κ2) is 7.40. The van der Waals surface area contributed by atoms with Crippen LogP contribution in [0.25, 0.3) is 0 Å². The van der Waals surface area contributed by atoms with Gasteiger partial charge in [0, 0.05) is 6.42 Å². The average molecular weight is 317 g/mol. The number of aryl methyl sites for hydroxylation is 1. The van der Waals surface area contributed by atoms with Gasteiger partial charge in [0.15, 0.2) is 0 Å². The maximum Gasteiger partial charge on any atom is 0.337 e. The van der Waals surface area contributed by atoms with Crippen molar-refractivity contribution in [2.45, 2.75) is 12.8 Å². The molecule has 0 atom stereocenters. The van der Waals surface area contributed by atoms with Crippen molar-refractivity contribution in [3.8, 4) is 5.75 Å². The Kier molecular flexibility index (Phi) is 5.30. The number of methoxy groups -OCH3 is 1. The summed E-state index contributed by atoms with van der Waals surface area (Å²) in [6, 6.07) is 10.5. The van der Waals surface area contributed by atoms with Crippen molar-refractivity contribution in [1.29, 1.82) is 0 Å². The molecule has 0 saturated heterocycles. The van der Waals surface area contributed by atoms with Crippen LogP contribution in [0.4, 0.5) is 10.1 Å². The number of carboxylic acids is 1. The zero-order valence-corrected chi connectivity index (χ0v) is 12.5. The van der Waals surface area contributed by atoms with Crippen molar-refractivity contribution in [3.05, 3.63) is 59.4 Å². The van der Waals surface area contributed by atoms with Crippen molar-refractivity contribution in [1.82, 2.24) is 0 Å². The first-order valence-electron chi connectivity index (χ1n) is 6.96. The van der Waals surface area contributed by atoms with Crippen molar-refractivity contribution in [2.24, 2.45) is 0 Å². The van der Waals surface area contributed by atoms with E-state index in [9.17, 15) is 14.0 Å². The fraction of sp³-hybridized carbons (Fsp3) is 0.176. The van der Waals surface area contributed by atoms with Crippen molar-refractivity contribution in [3.63, 3.8) is 0 Å². The van der Waals surface area contributed by atoms with Crippen LogP contribution in [-0.2, 0) is 11.2 Å². The summed E-state index contributed by atoms with van der Waals surface area (Å²) in [5.41, 5.74) is 0.669. The van der Waals surface area contributed by atoms with Gasteiger partial charge in [-0.15, -0.1) is 0 Å². The second-order valence-electron chi connectivity index (χ2n) is 4.86. The van der Waals surface area contributed by atoms with E-state index in [1.165, 1.54) is 6.07 Å². The Morgan fingerprint density at radius 3 is 2.65 bits per heavy atom. The lowest BCUT2D eigenvalue weighted by molar-refractivity contribution is -0.116. The van der Waals surface area contributed by atoms with E-state index in [-0.39, 0.29) is 23.6 Å². The molecule has 0 bridgehead atoms. The number of para-hydroxylation sites is 1. The van der Waals surface area contributed by atoms with Crippen LogP contribution in [0.15, 0.2) is 42.5 Å². The van der Waals surface area contributed by atoms with Crippen LogP contribution < -0.4 is 10.1 Å². The van der Waals surface area contributed by atoms with Crippen LogP contribution in [0.2, 0.25) is 0 Å². The number of rotatable bonds is 6. The van der Waals surface area contributed by atoms with Gasteiger partial charge in [0.1, 0.15) is 11.6 Å². The summed E-state index contributed by atoms with van der Waals surface area (Å²) in [5, 5.41) is 11.5. The molecular formula is C17H16FNO4. The predicted octanol–water partition coefficient (Wildman–Crippen LogP) is 3.10. The molecule has 0 aliphatic heterocycles. The number of hydrogen-bond acceptors (Lipinski definition) is 3. The highest BCUT2D eigenvalue weighted by Gasteiger charge is 2.14. The minimum atomic E-state index is -1.30. The van der Waals surface area contributed by atoms with Crippen LogP contribution in [0.1, 0.15) is 22.3 Å². The minimum Gasteiger partial charge on any atom is -0.496 e. The maximum atomic E-state index is 13.1. The number of halogens is 1. The first kappa shape index (κ1) is 16.5. The lowest BCUT2D eigenvalue weighted by Crippen LogP contribution is -2.15. The maximum absolute atomic E-state index is 13.1. The summed E-state index contributed by atoms with van der Waals surface area (Å²) in [6.07, 6.45) is 0.594. The standard InChI is InChI=1S/C17H16FNO4/c1-23-15-5-3-2-4-11(15)6-9-16(20)19-14-8-7-12(18)10-13(14)17(21)22/h2-5,7-8,10H,6,9H2,1H3,(H,19,20)(H,21,22). The van der Waals surface area contributed by atoms with E-state index in [2.05, 4.69) is 5.32 Å². The first-order valence-corrected chi connectivity index (χ1v) is 6.96. The van der Waals surface area contributed by atoms with Gasteiger partial charge < -0.3 is 15.2 Å². The number of carbonyl (C=O) groups excluding carboxylic acids is 1. The Morgan fingerprint density at radius 1 is 1.22 bits per heavy atom. The number of carboxylic acid groups (broad SMARTS) is 1. The minimum absolute atomic E-state index is 0.0731. The van der Waals surface area contributed by atoms with Gasteiger partial charge in [-0.25, -0.2) is 9.18 Å². The zero-order chi connectivity index (χ0) is 16.8. The highest BCUT2D eigenvalue weighted by molar-refractivity contribution is 6.00. The summed E-state index contributed by atoms with van der Waals surface area (Å²) in [5.74, 6) is -1.64. The Hall–Kier alpha value is -2.89. The largest absolute Gasteiger partial charge is 0.496 e. The van der Waals surface area contributed by atoms with Crippen molar-refractivity contribution >= 4 is 17.6 Å². The third-order valence-corrected chi connectivity index (χ3v) is 3.30. The molecule has 23 heavy (non-hydrogen) atoms. The Labute approximate surface area is 132 Å². The molecule has 2 N–H and O–H groups in total. The summed E-state index contributed by atoms with van der Waals surface area (Å²) in [4.78, 5) is 23.1. The van der Waals surface area contributed by atoms with Gasteiger partial charge in [-0.1, -0.05) is 18.2 Å². The third kappa shape index (κ3) is 4.29. The SMILES string of the molecule is COc1ccccc1CCC(=O)Nc1ccc(F)cc1C(=O)O. The van der Waals surface area contributed by atoms with Gasteiger partial charge in [0.25, 0.3) is 0 Å². The fourth-order valence-corrected chi connectivity index (χ4v) is 2.17. The van der Waals surface area contributed by atoms with Gasteiger partial charge in [0.05, 0.1) is 18.4 Å². The second-order valence-corrected chi connectivity index (χ2v) is 4.86.